The zero-order valence-electron chi connectivity index (χ0n) is 14.6. The fraction of sp³-hybridized carbons (Fsp3) is 0.263. The Morgan fingerprint density at radius 1 is 1.07 bits per heavy atom. The van der Waals surface area contributed by atoms with E-state index in [0.717, 1.165) is 18.5 Å². The third-order valence-corrected chi connectivity index (χ3v) is 4.12. The Hall–Kier alpha value is -2.91. The molecule has 0 aromatic heterocycles. The number of nitrogens with one attached hydrogen (secondary N) is 2. The van der Waals surface area contributed by atoms with Gasteiger partial charge in [-0.25, -0.2) is 10.3 Å². The number of benzene rings is 2. The number of hydroxylamine groups is 1. The third kappa shape index (κ3) is 6.36. The molecule has 2 unspecified atom stereocenters. The lowest BCUT2D eigenvalue weighted by atomic mass is 10.1. The van der Waals surface area contributed by atoms with E-state index in [1.54, 1.807) is 17.6 Å². The molecule has 1 saturated carbocycles. The van der Waals surface area contributed by atoms with Crippen molar-refractivity contribution in [1.82, 2.24) is 10.8 Å². The first-order valence-corrected chi connectivity index (χ1v) is 8.34. The highest BCUT2D eigenvalue weighted by Gasteiger charge is 2.38. The van der Waals surface area contributed by atoms with E-state index in [0.29, 0.717) is 17.5 Å². The van der Waals surface area contributed by atoms with Gasteiger partial charge in [0.05, 0.1) is 0 Å². The van der Waals surface area contributed by atoms with Crippen molar-refractivity contribution in [2.75, 3.05) is 0 Å². The maximum Gasteiger partial charge on any atom is 0.490 e. The number of carboxylic acid groups (broad SMARTS) is 1. The Kier molecular flexibility index (Phi) is 7.13. The molecule has 9 heteroatoms. The number of aliphatic carboxylic acids is 1. The topological polar surface area (TPSA) is 98.7 Å². The summed E-state index contributed by atoms with van der Waals surface area (Å²) < 4.78 is 31.7. The van der Waals surface area contributed by atoms with Crippen molar-refractivity contribution < 1.29 is 33.1 Å². The minimum atomic E-state index is -5.08. The number of alkyl halides is 3. The molecule has 150 valence electrons. The van der Waals surface area contributed by atoms with Crippen molar-refractivity contribution in [2.45, 2.75) is 31.1 Å². The molecule has 2 aromatic carbocycles. The van der Waals surface area contributed by atoms with E-state index in [-0.39, 0.29) is 0 Å². The van der Waals surface area contributed by atoms with Gasteiger partial charge in [0.1, 0.15) is 0 Å². The second kappa shape index (κ2) is 9.34. The summed E-state index contributed by atoms with van der Waals surface area (Å²) in [5.74, 6) is -2.65. The Morgan fingerprint density at radius 2 is 1.71 bits per heavy atom. The van der Waals surface area contributed by atoms with Crippen LogP contribution in [0.3, 0.4) is 0 Å². The van der Waals surface area contributed by atoms with Crippen LogP contribution in [0, 0.1) is 0 Å². The first-order valence-electron chi connectivity index (χ1n) is 8.34. The van der Waals surface area contributed by atoms with Gasteiger partial charge in [-0.15, -0.1) is 0 Å². The van der Waals surface area contributed by atoms with Crippen LogP contribution in [0.1, 0.15) is 33.8 Å². The fourth-order valence-electron chi connectivity index (χ4n) is 2.63. The van der Waals surface area contributed by atoms with E-state index in [1.165, 1.54) is 5.56 Å². The molecule has 1 aliphatic carbocycles. The number of amides is 1. The lowest BCUT2D eigenvalue weighted by Crippen LogP contribution is -2.21. The maximum atomic E-state index is 11.4. The minimum Gasteiger partial charge on any atom is -0.475 e. The Bertz CT molecular complexity index is 812. The SMILES string of the molecule is O=C(NO)c1cccc(CNC2CC2c2ccccc2)c1.O=C(O)C(F)(F)F. The van der Waals surface area contributed by atoms with E-state index >= 15 is 0 Å². The number of carboxylic acids is 1. The van der Waals surface area contributed by atoms with Gasteiger partial charge in [-0.1, -0.05) is 42.5 Å². The molecule has 2 aromatic rings. The summed E-state index contributed by atoms with van der Waals surface area (Å²) in [5, 5.41) is 19.3. The highest BCUT2D eigenvalue weighted by molar-refractivity contribution is 5.93. The second-order valence-electron chi connectivity index (χ2n) is 6.18. The monoisotopic (exact) mass is 396 g/mol. The molecule has 1 amide bonds. The predicted molar refractivity (Wildman–Crippen MR) is 93.8 cm³/mol. The van der Waals surface area contributed by atoms with Crippen molar-refractivity contribution in [2.24, 2.45) is 0 Å². The first kappa shape index (κ1) is 21.4. The highest BCUT2D eigenvalue weighted by Crippen LogP contribution is 2.40. The molecule has 28 heavy (non-hydrogen) atoms. The molecule has 0 saturated heterocycles. The number of rotatable bonds is 5. The van der Waals surface area contributed by atoms with Gasteiger partial charge in [-0.3, -0.25) is 10.0 Å². The molecule has 0 heterocycles. The molecular weight excluding hydrogens is 377 g/mol. The van der Waals surface area contributed by atoms with Gasteiger partial charge >= 0.3 is 12.1 Å². The van der Waals surface area contributed by atoms with E-state index in [9.17, 15) is 18.0 Å². The molecule has 0 aliphatic heterocycles. The third-order valence-electron chi connectivity index (χ3n) is 4.12. The van der Waals surface area contributed by atoms with Gasteiger partial charge in [0.15, 0.2) is 0 Å². The fourth-order valence-corrected chi connectivity index (χ4v) is 2.63. The maximum absolute atomic E-state index is 11.4. The van der Waals surface area contributed by atoms with Crippen LogP contribution >= 0.6 is 0 Å². The largest absolute Gasteiger partial charge is 0.490 e. The number of carbonyl (C=O) groups excluding carboxylic acids is 1. The molecule has 1 aliphatic rings. The Balaban J connectivity index is 0.000000345. The zero-order chi connectivity index (χ0) is 20.7. The summed E-state index contributed by atoms with van der Waals surface area (Å²) in [4.78, 5) is 20.3. The molecule has 0 radical (unpaired) electrons. The average Bonchev–Trinajstić information content (AvgIpc) is 3.46. The lowest BCUT2D eigenvalue weighted by molar-refractivity contribution is -0.192. The quantitative estimate of drug-likeness (QED) is 0.460. The van der Waals surface area contributed by atoms with Crippen LogP contribution in [0.25, 0.3) is 0 Å². The van der Waals surface area contributed by atoms with Crippen molar-refractivity contribution >= 4 is 11.9 Å². The van der Waals surface area contributed by atoms with Crippen molar-refractivity contribution in [1.29, 1.82) is 0 Å². The molecule has 0 bridgehead atoms. The summed E-state index contributed by atoms with van der Waals surface area (Å²) in [6.45, 7) is 0.723. The van der Waals surface area contributed by atoms with Gasteiger partial charge in [-0.2, -0.15) is 13.2 Å². The normalized spacial score (nSPS) is 17.9. The van der Waals surface area contributed by atoms with Crippen molar-refractivity contribution in [3.8, 4) is 0 Å². The molecule has 3 rings (SSSR count). The van der Waals surface area contributed by atoms with Crippen LogP contribution in [0.15, 0.2) is 54.6 Å². The molecule has 1 fully saturated rings. The lowest BCUT2D eigenvalue weighted by Gasteiger charge is -2.06. The van der Waals surface area contributed by atoms with E-state index in [2.05, 4.69) is 29.6 Å². The van der Waals surface area contributed by atoms with E-state index in [1.807, 2.05) is 18.2 Å². The summed E-state index contributed by atoms with van der Waals surface area (Å²) >= 11 is 0. The summed E-state index contributed by atoms with van der Waals surface area (Å²) in [5.41, 5.74) is 4.53. The number of hydrogen-bond acceptors (Lipinski definition) is 4. The van der Waals surface area contributed by atoms with Crippen molar-refractivity contribution in [3.05, 3.63) is 71.3 Å². The van der Waals surface area contributed by atoms with Crippen LogP contribution in [-0.4, -0.2) is 34.4 Å². The summed E-state index contributed by atoms with van der Waals surface area (Å²) in [6.07, 6.45) is -3.93. The Labute approximate surface area is 159 Å². The van der Waals surface area contributed by atoms with E-state index < -0.39 is 18.1 Å². The van der Waals surface area contributed by atoms with Gasteiger partial charge < -0.3 is 10.4 Å². The van der Waals surface area contributed by atoms with Crippen LogP contribution < -0.4 is 10.8 Å². The molecular formula is C19H19F3N2O4. The van der Waals surface area contributed by atoms with Gasteiger partial charge in [0.2, 0.25) is 0 Å². The Morgan fingerprint density at radius 3 is 2.29 bits per heavy atom. The van der Waals surface area contributed by atoms with Gasteiger partial charge in [0.25, 0.3) is 5.91 Å². The van der Waals surface area contributed by atoms with Crippen molar-refractivity contribution in [3.63, 3.8) is 0 Å². The van der Waals surface area contributed by atoms with E-state index in [4.69, 9.17) is 15.1 Å². The summed E-state index contributed by atoms with van der Waals surface area (Å²) in [7, 11) is 0. The number of carbonyl (C=O) groups is 2. The molecule has 2 atom stereocenters. The van der Waals surface area contributed by atoms with Gasteiger partial charge in [-0.05, 0) is 29.7 Å². The van der Waals surface area contributed by atoms with Crippen LogP contribution in [-0.2, 0) is 11.3 Å². The molecule has 0 spiro atoms. The average molecular weight is 396 g/mol. The van der Waals surface area contributed by atoms with Crippen LogP contribution in [0.5, 0.6) is 0 Å². The smallest absolute Gasteiger partial charge is 0.475 e. The number of halogens is 3. The molecule has 6 nitrogen and oxygen atoms in total. The minimum absolute atomic E-state index is 0.465. The van der Waals surface area contributed by atoms with Gasteiger partial charge in [0, 0.05) is 24.1 Å². The highest BCUT2D eigenvalue weighted by atomic mass is 19.4. The standard InChI is InChI=1S/C17H18N2O2.C2HF3O2/c20-17(19-21)14-8-4-5-12(9-14)11-18-16-10-15(16)13-6-2-1-3-7-13;3-2(4,5)1(6)7/h1-9,15-16,18,21H,10-11H2,(H,19,20);(H,6,7). The van der Waals surface area contributed by atoms with Crippen LogP contribution in [0.2, 0.25) is 0 Å². The zero-order valence-corrected chi connectivity index (χ0v) is 14.6. The summed E-state index contributed by atoms with van der Waals surface area (Å²) in [6, 6.07) is 18.3. The molecule has 4 N–H and O–H groups in total. The van der Waals surface area contributed by atoms with Crippen LogP contribution in [0.4, 0.5) is 13.2 Å². The second-order valence-corrected chi connectivity index (χ2v) is 6.18. The first-order chi connectivity index (χ1) is 13.2. The number of hydrogen-bond donors (Lipinski definition) is 4. The predicted octanol–water partition coefficient (Wildman–Crippen LogP) is 3.08.